The fourth-order valence-corrected chi connectivity index (χ4v) is 2.54. The third kappa shape index (κ3) is 2.88. The number of aryl methyl sites for hydroxylation is 1. The molecule has 0 atom stereocenters. The first-order valence-corrected chi connectivity index (χ1v) is 7.38. The van der Waals surface area contributed by atoms with Crippen LogP contribution in [0.25, 0.3) is 10.9 Å². The van der Waals surface area contributed by atoms with Gasteiger partial charge in [0.15, 0.2) is 0 Å². The fourth-order valence-electron chi connectivity index (χ4n) is 2.54. The summed E-state index contributed by atoms with van der Waals surface area (Å²) in [6.45, 7) is 1.85. The van der Waals surface area contributed by atoms with Crippen molar-refractivity contribution in [3.63, 3.8) is 0 Å². The minimum Gasteiger partial charge on any atom is -0.497 e. The lowest BCUT2D eigenvalue weighted by Crippen LogP contribution is -2.27. The topological polar surface area (TPSA) is 42.4 Å². The van der Waals surface area contributed by atoms with E-state index in [4.69, 9.17) is 4.74 Å². The molecule has 1 amide bonds. The van der Waals surface area contributed by atoms with Crippen molar-refractivity contribution in [2.45, 2.75) is 6.92 Å². The van der Waals surface area contributed by atoms with Crippen molar-refractivity contribution in [3.05, 3.63) is 65.9 Å². The summed E-state index contributed by atoms with van der Waals surface area (Å²) in [5.74, 6) is 0.684. The minimum absolute atomic E-state index is 0.0704. The second-order valence-corrected chi connectivity index (χ2v) is 5.38. The van der Waals surface area contributed by atoms with E-state index in [9.17, 15) is 4.79 Å². The van der Waals surface area contributed by atoms with Crippen molar-refractivity contribution < 1.29 is 9.53 Å². The molecule has 23 heavy (non-hydrogen) atoms. The molecular weight excluding hydrogens is 288 g/mol. The number of carbonyl (C=O) groups is 1. The van der Waals surface area contributed by atoms with Crippen LogP contribution in [-0.4, -0.2) is 25.0 Å². The smallest absolute Gasteiger partial charge is 0.259 e. The Hall–Kier alpha value is -2.88. The lowest BCUT2D eigenvalue weighted by atomic mass is 10.1. The van der Waals surface area contributed by atoms with Crippen molar-refractivity contribution in [2.24, 2.45) is 0 Å². The third-order valence-electron chi connectivity index (χ3n) is 3.89. The number of fused-ring (bicyclic) bond motifs is 1. The van der Waals surface area contributed by atoms with Gasteiger partial charge in [-0.05, 0) is 37.3 Å². The van der Waals surface area contributed by atoms with Gasteiger partial charge in [0.2, 0.25) is 0 Å². The van der Waals surface area contributed by atoms with Gasteiger partial charge < -0.3 is 9.64 Å². The molecule has 0 aliphatic heterocycles. The van der Waals surface area contributed by atoms with Crippen LogP contribution >= 0.6 is 0 Å². The van der Waals surface area contributed by atoms with Crippen LogP contribution in [0, 0.1) is 6.92 Å². The zero-order valence-electron chi connectivity index (χ0n) is 13.4. The Balaban J connectivity index is 2.02. The second kappa shape index (κ2) is 6.08. The Morgan fingerprint density at radius 2 is 1.83 bits per heavy atom. The van der Waals surface area contributed by atoms with E-state index in [0.717, 1.165) is 22.3 Å². The number of nitrogens with zero attached hydrogens (tertiary/aromatic N) is 2. The van der Waals surface area contributed by atoms with E-state index < -0.39 is 0 Å². The van der Waals surface area contributed by atoms with Gasteiger partial charge in [0.1, 0.15) is 5.75 Å². The second-order valence-electron chi connectivity index (χ2n) is 5.38. The summed E-state index contributed by atoms with van der Waals surface area (Å²) >= 11 is 0. The van der Waals surface area contributed by atoms with Crippen LogP contribution in [0.5, 0.6) is 5.75 Å². The largest absolute Gasteiger partial charge is 0.497 e. The number of hydrogen-bond donors (Lipinski definition) is 0. The van der Waals surface area contributed by atoms with E-state index >= 15 is 0 Å². The molecule has 4 heteroatoms. The molecule has 0 spiro atoms. The lowest BCUT2D eigenvalue weighted by Gasteiger charge is -2.18. The van der Waals surface area contributed by atoms with Gasteiger partial charge in [0, 0.05) is 24.2 Å². The molecule has 1 aromatic heterocycles. The summed E-state index contributed by atoms with van der Waals surface area (Å²) in [6.07, 6.45) is 0. The molecule has 0 saturated carbocycles. The summed E-state index contributed by atoms with van der Waals surface area (Å²) in [5, 5.41) is 0.918. The van der Waals surface area contributed by atoms with Crippen LogP contribution in [0.1, 0.15) is 16.1 Å². The normalized spacial score (nSPS) is 10.6. The number of carbonyl (C=O) groups excluding carboxylic acids is 1. The molecule has 0 saturated heterocycles. The van der Waals surface area contributed by atoms with Crippen LogP contribution in [0.4, 0.5) is 5.69 Å². The number of amides is 1. The highest BCUT2D eigenvalue weighted by atomic mass is 16.5. The van der Waals surface area contributed by atoms with Crippen molar-refractivity contribution in [1.29, 1.82) is 0 Å². The summed E-state index contributed by atoms with van der Waals surface area (Å²) in [6, 6.07) is 17.1. The Bertz CT molecular complexity index is 860. The number of ether oxygens (including phenoxy) is 1. The molecular formula is C19H18N2O2. The summed E-state index contributed by atoms with van der Waals surface area (Å²) < 4.78 is 5.22. The minimum atomic E-state index is -0.0704. The van der Waals surface area contributed by atoms with E-state index in [1.54, 1.807) is 19.1 Å². The predicted octanol–water partition coefficient (Wildman–Crippen LogP) is 3.83. The zero-order valence-corrected chi connectivity index (χ0v) is 13.4. The molecule has 0 bridgehead atoms. The molecule has 0 N–H and O–H groups in total. The van der Waals surface area contributed by atoms with E-state index in [1.807, 2.05) is 61.5 Å². The first-order chi connectivity index (χ1) is 11.1. The molecule has 2 aromatic carbocycles. The monoisotopic (exact) mass is 306 g/mol. The summed E-state index contributed by atoms with van der Waals surface area (Å²) in [7, 11) is 3.40. The zero-order chi connectivity index (χ0) is 16.4. The first kappa shape index (κ1) is 15.0. The molecule has 0 fully saturated rings. The van der Waals surface area contributed by atoms with Crippen molar-refractivity contribution in [3.8, 4) is 5.75 Å². The predicted molar refractivity (Wildman–Crippen MR) is 92.2 cm³/mol. The summed E-state index contributed by atoms with van der Waals surface area (Å²) in [4.78, 5) is 19.0. The lowest BCUT2D eigenvalue weighted by molar-refractivity contribution is 0.0992. The average Bonchev–Trinajstić information content (AvgIpc) is 2.60. The maximum atomic E-state index is 12.8. The maximum absolute atomic E-state index is 12.8. The SMILES string of the molecule is COc1ccc2cc(C(=O)N(C)c3ccccc3)c(C)nc2c1. The Morgan fingerprint density at radius 1 is 1.09 bits per heavy atom. The molecule has 3 aromatic rings. The standard InChI is InChI=1S/C19H18N2O2/c1-13-17(19(22)21(2)15-7-5-4-6-8-15)11-14-9-10-16(23-3)12-18(14)20-13/h4-12H,1-3H3. The summed E-state index contributed by atoms with van der Waals surface area (Å²) in [5.41, 5.74) is 2.99. The van der Waals surface area contributed by atoms with Gasteiger partial charge in [-0.25, -0.2) is 0 Å². The van der Waals surface area contributed by atoms with E-state index in [1.165, 1.54) is 0 Å². The molecule has 0 unspecified atom stereocenters. The van der Waals surface area contributed by atoms with Gasteiger partial charge in [-0.2, -0.15) is 0 Å². The third-order valence-corrected chi connectivity index (χ3v) is 3.89. The number of anilines is 1. The molecule has 4 nitrogen and oxygen atoms in total. The highest BCUT2D eigenvalue weighted by Gasteiger charge is 2.17. The van der Waals surface area contributed by atoms with Crippen LogP contribution in [0.3, 0.4) is 0 Å². The van der Waals surface area contributed by atoms with Crippen molar-refractivity contribution in [1.82, 2.24) is 4.98 Å². The van der Waals surface area contributed by atoms with E-state index in [2.05, 4.69) is 4.98 Å². The molecule has 0 radical (unpaired) electrons. The Morgan fingerprint density at radius 3 is 2.52 bits per heavy atom. The first-order valence-electron chi connectivity index (χ1n) is 7.38. The van der Waals surface area contributed by atoms with Gasteiger partial charge in [-0.3, -0.25) is 9.78 Å². The number of methoxy groups -OCH3 is 1. The van der Waals surface area contributed by atoms with Gasteiger partial charge in [-0.15, -0.1) is 0 Å². The highest BCUT2D eigenvalue weighted by molar-refractivity contribution is 6.08. The number of pyridine rings is 1. The number of rotatable bonds is 3. The Labute approximate surface area is 135 Å². The molecule has 0 aliphatic carbocycles. The van der Waals surface area contributed by atoms with Crippen LogP contribution in [-0.2, 0) is 0 Å². The van der Waals surface area contributed by atoms with Gasteiger partial charge in [0.05, 0.1) is 23.9 Å². The Kier molecular flexibility index (Phi) is 3.98. The van der Waals surface area contributed by atoms with Crippen LogP contribution in [0.2, 0.25) is 0 Å². The molecule has 116 valence electrons. The van der Waals surface area contributed by atoms with Crippen LogP contribution < -0.4 is 9.64 Å². The highest BCUT2D eigenvalue weighted by Crippen LogP contribution is 2.23. The molecule has 1 heterocycles. The van der Waals surface area contributed by atoms with Crippen molar-refractivity contribution in [2.75, 3.05) is 19.1 Å². The van der Waals surface area contributed by atoms with Gasteiger partial charge >= 0.3 is 0 Å². The fraction of sp³-hybridized carbons (Fsp3) is 0.158. The quantitative estimate of drug-likeness (QED) is 0.738. The van der Waals surface area contributed by atoms with Crippen LogP contribution in [0.15, 0.2) is 54.6 Å². The van der Waals surface area contributed by atoms with Gasteiger partial charge in [-0.1, -0.05) is 18.2 Å². The molecule has 3 rings (SSSR count). The van der Waals surface area contributed by atoms with Gasteiger partial charge in [0.25, 0.3) is 5.91 Å². The average molecular weight is 306 g/mol. The van der Waals surface area contributed by atoms with Crippen molar-refractivity contribution >= 4 is 22.5 Å². The number of para-hydroxylation sites is 1. The molecule has 0 aliphatic rings. The maximum Gasteiger partial charge on any atom is 0.259 e. The van der Waals surface area contributed by atoms with E-state index in [0.29, 0.717) is 11.3 Å². The number of aromatic nitrogens is 1. The van der Waals surface area contributed by atoms with E-state index in [-0.39, 0.29) is 5.91 Å². The number of hydrogen-bond acceptors (Lipinski definition) is 3. The number of benzene rings is 2.